The van der Waals surface area contributed by atoms with Crippen LogP contribution in [0.1, 0.15) is 12.0 Å². The lowest BCUT2D eigenvalue weighted by atomic mass is 10.1. The predicted molar refractivity (Wildman–Crippen MR) is 78.5 cm³/mol. The van der Waals surface area contributed by atoms with E-state index in [-0.39, 0.29) is 0 Å². The van der Waals surface area contributed by atoms with E-state index in [9.17, 15) is 4.79 Å². The summed E-state index contributed by atoms with van der Waals surface area (Å²) in [4.78, 5) is 12.9. The molecule has 2 rings (SSSR count). The molecule has 0 atom stereocenters. The number of anilines is 1. The van der Waals surface area contributed by atoms with E-state index in [0.29, 0.717) is 6.61 Å². The molecule has 0 spiro atoms. The lowest BCUT2D eigenvalue weighted by Gasteiger charge is -2.24. The highest BCUT2D eigenvalue weighted by Crippen LogP contribution is 2.27. The Hall–Kier alpha value is -1.33. The van der Waals surface area contributed by atoms with Crippen LogP contribution >= 0.6 is 15.9 Å². The molecule has 1 aromatic carbocycles. The molecule has 1 aromatic rings. The summed E-state index contributed by atoms with van der Waals surface area (Å²) < 4.78 is 6.44. The van der Waals surface area contributed by atoms with Crippen LogP contribution in [-0.4, -0.2) is 37.4 Å². The number of hydrogen-bond acceptors (Lipinski definition) is 3. The van der Waals surface area contributed by atoms with Gasteiger partial charge in [0.2, 0.25) is 0 Å². The van der Waals surface area contributed by atoms with Crippen molar-refractivity contribution in [2.24, 2.45) is 0 Å². The van der Waals surface area contributed by atoms with Crippen LogP contribution < -0.4 is 4.90 Å². The van der Waals surface area contributed by atoms with Gasteiger partial charge in [0.25, 0.3) is 0 Å². The van der Waals surface area contributed by atoms with Crippen molar-refractivity contribution in [2.75, 3.05) is 31.2 Å². The normalized spacial score (nSPS) is 16.6. The molecule has 0 radical (unpaired) electrons. The van der Waals surface area contributed by atoms with Crippen molar-refractivity contribution in [2.45, 2.75) is 6.42 Å². The highest BCUT2D eigenvalue weighted by Gasteiger charge is 2.13. The molecule has 1 aliphatic heterocycles. The lowest BCUT2D eigenvalue weighted by Crippen LogP contribution is -2.26. The van der Waals surface area contributed by atoms with Gasteiger partial charge in [-0.2, -0.15) is 0 Å². The molecule has 1 N–H and O–H groups in total. The Kier molecular flexibility index (Phi) is 4.99. The van der Waals surface area contributed by atoms with Gasteiger partial charge in [-0.3, -0.25) is 0 Å². The van der Waals surface area contributed by atoms with Crippen molar-refractivity contribution in [1.82, 2.24) is 0 Å². The van der Waals surface area contributed by atoms with Crippen molar-refractivity contribution in [3.63, 3.8) is 0 Å². The monoisotopic (exact) mass is 325 g/mol. The molecule has 19 heavy (non-hydrogen) atoms. The summed E-state index contributed by atoms with van der Waals surface area (Å²) >= 11 is 3.46. The minimum Gasteiger partial charge on any atom is -0.478 e. The van der Waals surface area contributed by atoms with Gasteiger partial charge in [0.1, 0.15) is 0 Å². The van der Waals surface area contributed by atoms with Crippen LogP contribution in [0.4, 0.5) is 5.69 Å². The van der Waals surface area contributed by atoms with E-state index in [4.69, 9.17) is 9.84 Å². The molecule has 5 heteroatoms. The summed E-state index contributed by atoms with van der Waals surface area (Å²) in [5, 5.41) is 8.75. The second-order valence-electron chi connectivity index (χ2n) is 4.33. The number of benzene rings is 1. The van der Waals surface area contributed by atoms with Crippen LogP contribution in [0.2, 0.25) is 0 Å². The van der Waals surface area contributed by atoms with Gasteiger partial charge in [0.05, 0.1) is 6.61 Å². The third-order valence-corrected chi connectivity index (χ3v) is 3.45. The molecular weight excluding hydrogens is 310 g/mol. The van der Waals surface area contributed by atoms with Gasteiger partial charge in [-0.1, -0.05) is 22.0 Å². The Morgan fingerprint density at radius 1 is 1.37 bits per heavy atom. The SMILES string of the molecule is O=C(O)C=Cc1ccc(Br)cc1N1CCCOCC1. The fourth-order valence-electron chi connectivity index (χ4n) is 2.08. The first-order valence-electron chi connectivity index (χ1n) is 6.20. The molecule has 1 saturated heterocycles. The third-order valence-electron chi connectivity index (χ3n) is 2.96. The number of ether oxygens (including phenoxy) is 1. The van der Waals surface area contributed by atoms with Gasteiger partial charge < -0.3 is 14.7 Å². The second-order valence-corrected chi connectivity index (χ2v) is 5.24. The average molecular weight is 326 g/mol. The summed E-state index contributed by atoms with van der Waals surface area (Å²) in [6.07, 6.45) is 3.78. The number of carbonyl (C=O) groups is 1. The fraction of sp³-hybridized carbons (Fsp3) is 0.357. The number of halogens is 1. The largest absolute Gasteiger partial charge is 0.478 e. The van der Waals surface area contributed by atoms with Gasteiger partial charge >= 0.3 is 5.97 Å². The van der Waals surface area contributed by atoms with E-state index in [1.165, 1.54) is 6.08 Å². The molecule has 0 aromatic heterocycles. The molecule has 0 amide bonds. The number of nitrogens with zero attached hydrogens (tertiary/aromatic N) is 1. The zero-order valence-corrected chi connectivity index (χ0v) is 12.1. The standard InChI is InChI=1S/C14H16BrNO3/c15-12-4-2-11(3-5-14(17)18)13(10-12)16-6-1-8-19-9-7-16/h2-5,10H,1,6-9H2,(H,17,18). The van der Waals surface area contributed by atoms with E-state index >= 15 is 0 Å². The van der Waals surface area contributed by atoms with Crippen LogP contribution in [0.5, 0.6) is 0 Å². The molecule has 102 valence electrons. The fourth-order valence-corrected chi connectivity index (χ4v) is 2.43. The van der Waals surface area contributed by atoms with Crippen molar-refractivity contribution in [3.05, 3.63) is 34.3 Å². The number of aliphatic carboxylic acids is 1. The molecule has 0 unspecified atom stereocenters. The quantitative estimate of drug-likeness (QED) is 0.868. The molecule has 1 fully saturated rings. The number of carboxylic acids is 1. The van der Waals surface area contributed by atoms with E-state index in [0.717, 1.165) is 41.8 Å². The molecular formula is C14H16BrNO3. The summed E-state index contributed by atoms with van der Waals surface area (Å²) in [5.74, 6) is -0.937. The maximum absolute atomic E-state index is 10.7. The minimum absolute atomic E-state index is 0.703. The molecule has 0 bridgehead atoms. The molecule has 4 nitrogen and oxygen atoms in total. The van der Waals surface area contributed by atoms with Crippen molar-refractivity contribution in [1.29, 1.82) is 0 Å². The zero-order chi connectivity index (χ0) is 13.7. The lowest BCUT2D eigenvalue weighted by molar-refractivity contribution is -0.131. The first-order valence-corrected chi connectivity index (χ1v) is 6.99. The van der Waals surface area contributed by atoms with E-state index in [2.05, 4.69) is 20.8 Å². The van der Waals surface area contributed by atoms with Crippen LogP contribution in [0, 0.1) is 0 Å². The maximum atomic E-state index is 10.7. The highest BCUT2D eigenvalue weighted by molar-refractivity contribution is 9.10. The Morgan fingerprint density at radius 3 is 3.00 bits per heavy atom. The van der Waals surface area contributed by atoms with Gasteiger partial charge in [0.15, 0.2) is 0 Å². The Bertz CT molecular complexity index is 480. The number of carboxylic acid groups (broad SMARTS) is 1. The van der Waals surface area contributed by atoms with Crippen molar-refractivity contribution < 1.29 is 14.6 Å². The van der Waals surface area contributed by atoms with E-state index < -0.39 is 5.97 Å². The van der Waals surface area contributed by atoms with Gasteiger partial charge in [-0.15, -0.1) is 0 Å². The van der Waals surface area contributed by atoms with Crippen LogP contribution in [-0.2, 0) is 9.53 Å². The van der Waals surface area contributed by atoms with Gasteiger partial charge in [-0.05, 0) is 30.2 Å². The van der Waals surface area contributed by atoms with Crippen molar-refractivity contribution >= 4 is 33.7 Å². The van der Waals surface area contributed by atoms with E-state index in [1.807, 2.05) is 18.2 Å². The number of rotatable bonds is 3. The summed E-state index contributed by atoms with van der Waals surface area (Å²) in [6, 6.07) is 5.86. The second kappa shape index (κ2) is 6.73. The maximum Gasteiger partial charge on any atom is 0.328 e. The smallest absolute Gasteiger partial charge is 0.328 e. The third kappa shape index (κ3) is 4.08. The Morgan fingerprint density at radius 2 is 2.21 bits per heavy atom. The summed E-state index contributed by atoms with van der Waals surface area (Å²) in [5.41, 5.74) is 1.95. The molecule has 0 aliphatic carbocycles. The Labute approximate surface area is 120 Å². The predicted octanol–water partition coefficient (Wildman–Crippen LogP) is 2.77. The van der Waals surface area contributed by atoms with E-state index in [1.54, 1.807) is 6.08 Å². The average Bonchev–Trinajstić information content (AvgIpc) is 2.65. The first-order chi connectivity index (χ1) is 9.16. The summed E-state index contributed by atoms with van der Waals surface area (Å²) in [6.45, 7) is 3.23. The highest BCUT2D eigenvalue weighted by atomic mass is 79.9. The molecule has 0 saturated carbocycles. The Balaban J connectivity index is 2.30. The summed E-state index contributed by atoms with van der Waals surface area (Å²) in [7, 11) is 0. The topological polar surface area (TPSA) is 49.8 Å². The van der Waals surface area contributed by atoms with Crippen LogP contribution in [0.3, 0.4) is 0 Å². The number of hydrogen-bond donors (Lipinski definition) is 1. The van der Waals surface area contributed by atoms with Crippen LogP contribution in [0.25, 0.3) is 6.08 Å². The van der Waals surface area contributed by atoms with Gasteiger partial charge in [0, 0.05) is 35.9 Å². The minimum atomic E-state index is -0.937. The zero-order valence-electron chi connectivity index (χ0n) is 10.5. The molecule has 1 aliphatic rings. The molecule has 1 heterocycles. The van der Waals surface area contributed by atoms with Gasteiger partial charge in [-0.25, -0.2) is 4.79 Å². The van der Waals surface area contributed by atoms with Crippen LogP contribution in [0.15, 0.2) is 28.7 Å². The van der Waals surface area contributed by atoms with Crippen molar-refractivity contribution in [3.8, 4) is 0 Å². The first kappa shape index (κ1) is 14.1.